The zero-order chi connectivity index (χ0) is 25.5. The predicted octanol–water partition coefficient (Wildman–Crippen LogP) is 3.08. The van der Waals surface area contributed by atoms with Crippen LogP contribution >= 0.6 is 0 Å². The summed E-state index contributed by atoms with van der Waals surface area (Å²) in [6.45, 7) is 2.48. The number of anilines is 3. The standard InChI is InChI=1S/C27H27N7O3/c1-31-14-12-28-24(31)17-32-13-10-21(16-32)34-25-23(3-2-11-29-25)33(27(34)37)20-8-9-22(30-15-20)18-4-6-19(7-5-18)26(35)36/h2-9,11-12,14-15,21,27,37H,10,13,16-17H2,1H3,(H,35,36)/t21-,27?/m0/s1. The van der Waals surface area contributed by atoms with Crippen LogP contribution in [0, 0.1) is 0 Å². The third-order valence-electron chi connectivity index (χ3n) is 7.13. The Labute approximate surface area is 214 Å². The summed E-state index contributed by atoms with van der Waals surface area (Å²) in [6, 6.07) is 14.3. The summed E-state index contributed by atoms with van der Waals surface area (Å²) in [6.07, 6.45) is 7.25. The van der Waals surface area contributed by atoms with Gasteiger partial charge in [-0.1, -0.05) is 12.1 Å². The number of nitrogens with zero attached hydrogens (tertiary/aromatic N) is 7. The quantitative estimate of drug-likeness (QED) is 0.415. The van der Waals surface area contributed by atoms with Crippen molar-refractivity contribution >= 4 is 23.2 Å². The number of rotatable bonds is 6. The van der Waals surface area contributed by atoms with Gasteiger partial charge in [-0.05, 0) is 42.8 Å². The fourth-order valence-electron chi connectivity index (χ4n) is 5.18. The molecule has 0 radical (unpaired) electrons. The molecule has 2 aliphatic heterocycles. The Morgan fingerprint density at radius 2 is 1.89 bits per heavy atom. The Morgan fingerprint density at radius 1 is 1.05 bits per heavy atom. The van der Waals surface area contributed by atoms with E-state index in [4.69, 9.17) is 5.11 Å². The largest absolute Gasteiger partial charge is 0.478 e. The molecule has 2 aliphatic rings. The molecular weight excluding hydrogens is 470 g/mol. The first kappa shape index (κ1) is 23.1. The SMILES string of the molecule is Cn1ccnc1CN1CC[C@H](N2c3ncccc3N(c3ccc(-c4ccc(C(=O)O)cc4)nc3)C2O)C1. The number of aliphatic hydroxyl groups is 1. The number of aromatic carboxylic acids is 1. The molecule has 0 saturated carbocycles. The molecule has 1 aromatic carbocycles. The second-order valence-corrected chi connectivity index (χ2v) is 9.39. The Hall–Kier alpha value is -4.28. The van der Waals surface area contributed by atoms with Crippen molar-refractivity contribution in [2.45, 2.75) is 25.4 Å². The molecule has 4 aromatic rings. The Kier molecular flexibility index (Phi) is 5.82. The second-order valence-electron chi connectivity index (χ2n) is 9.39. The van der Waals surface area contributed by atoms with Gasteiger partial charge in [0.1, 0.15) is 5.82 Å². The van der Waals surface area contributed by atoms with Crippen LogP contribution in [0.4, 0.5) is 17.2 Å². The number of hydrogen-bond donors (Lipinski definition) is 2. The fraction of sp³-hybridized carbons (Fsp3) is 0.259. The number of likely N-dealkylation sites (tertiary alicyclic amines) is 1. The van der Waals surface area contributed by atoms with E-state index in [1.165, 1.54) is 0 Å². The summed E-state index contributed by atoms with van der Waals surface area (Å²) in [5.74, 6) is 0.815. The van der Waals surface area contributed by atoms with Gasteiger partial charge >= 0.3 is 5.97 Å². The number of hydrogen-bond acceptors (Lipinski definition) is 8. The molecule has 10 nitrogen and oxygen atoms in total. The smallest absolute Gasteiger partial charge is 0.335 e. The predicted molar refractivity (Wildman–Crippen MR) is 138 cm³/mol. The van der Waals surface area contributed by atoms with Crippen LogP contribution in [0.3, 0.4) is 0 Å². The molecule has 37 heavy (non-hydrogen) atoms. The van der Waals surface area contributed by atoms with E-state index in [0.29, 0.717) is 0 Å². The number of carbonyl (C=O) groups is 1. The summed E-state index contributed by atoms with van der Waals surface area (Å²) in [4.78, 5) is 31.0. The van der Waals surface area contributed by atoms with Gasteiger partial charge in [-0.25, -0.2) is 14.8 Å². The van der Waals surface area contributed by atoms with Crippen molar-refractivity contribution in [3.05, 3.63) is 84.7 Å². The van der Waals surface area contributed by atoms with Crippen molar-refractivity contribution in [2.24, 2.45) is 7.05 Å². The van der Waals surface area contributed by atoms with Crippen molar-refractivity contribution in [3.8, 4) is 11.3 Å². The van der Waals surface area contributed by atoms with Crippen LogP contribution in [0.2, 0.25) is 0 Å². The van der Waals surface area contributed by atoms with Crippen LogP contribution in [0.5, 0.6) is 0 Å². The number of aromatic nitrogens is 4. The lowest BCUT2D eigenvalue weighted by Gasteiger charge is -2.32. The first-order chi connectivity index (χ1) is 18.0. The first-order valence-corrected chi connectivity index (χ1v) is 12.2. The summed E-state index contributed by atoms with van der Waals surface area (Å²) < 4.78 is 2.04. The Bertz CT molecular complexity index is 1420. The van der Waals surface area contributed by atoms with E-state index in [9.17, 15) is 9.90 Å². The molecule has 1 unspecified atom stereocenters. The van der Waals surface area contributed by atoms with E-state index in [1.807, 2.05) is 58.1 Å². The first-order valence-electron chi connectivity index (χ1n) is 12.2. The number of benzene rings is 1. The van der Waals surface area contributed by atoms with Gasteiger partial charge in [-0.3, -0.25) is 14.8 Å². The van der Waals surface area contributed by atoms with Crippen molar-refractivity contribution in [3.63, 3.8) is 0 Å². The van der Waals surface area contributed by atoms with Crippen molar-refractivity contribution in [1.82, 2.24) is 24.4 Å². The van der Waals surface area contributed by atoms with Crippen LogP contribution < -0.4 is 9.80 Å². The Balaban J connectivity index is 1.23. The molecule has 2 N–H and O–H groups in total. The molecule has 1 fully saturated rings. The lowest BCUT2D eigenvalue weighted by atomic mass is 10.1. The van der Waals surface area contributed by atoms with Gasteiger partial charge in [0.15, 0.2) is 5.82 Å². The molecule has 5 heterocycles. The minimum Gasteiger partial charge on any atom is -0.478 e. The molecule has 0 aliphatic carbocycles. The summed E-state index contributed by atoms with van der Waals surface area (Å²) in [5, 5.41) is 20.7. The number of carboxylic acids is 1. The number of aliphatic hydroxyl groups excluding tert-OH is 1. The van der Waals surface area contributed by atoms with Gasteiger partial charge in [-0.2, -0.15) is 0 Å². The van der Waals surface area contributed by atoms with E-state index in [2.05, 4.69) is 19.9 Å². The van der Waals surface area contributed by atoms with Crippen LogP contribution in [0.15, 0.2) is 73.3 Å². The average Bonchev–Trinajstić information content (AvgIpc) is 3.61. The van der Waals surface area contributed by atoms with Gasteiger partial charge in [0.25, 0.3) is 0 Å². The zero-order valence-electron chi connectivity index (χ0n) is 20.3. The maximum atomic E-state index is 11.5. The van der Waals surface area contributed by atoms with Gasteiger partial charge < -0.3 is 19.7 Å². The van der Waals surface area contributed by atoms with E-state index in [0.717, 1.165) is 60.3 Å². The van der Waals surface area contributed by atoms with Crippen LogP contribution in [-0.4, -0.2) is 66.1 Å². The van der Waals surface area contributed by atoms with E-state index in [1.54, 1.807) is 36.7 Å². The normalized spacial score (nSPS) is 19.4. The van der Waals surface area contributed by atoms with E-state index >= 15 is 0 Å². The van der Waals surface area contributed by atoms with E-state index in [-0.39, 0.29) is 11.6 Å². The van der Waals surface area contributed by atoms with Gasteiger partial charge in [0.05, 0.1) is 35.4 Å². The third kappa shape index (κ3) is 4.20. The lowest BCUT2D eigenvalue weighted by Crippen LogP contribution is -2.48. The average molecular weight is 498 g/mol. The minimum atomic E-state index is -0.961. The van der Waals surface area contributed by atoms with Crippen molar-refractivity contribution in [1.29, 1.82) is 0 Å². The van der Waals surface area contributed by atoms with E-state index < -0.39 is 12.3 Å². The molecule has 0 bridgehead atoms. The monoisotopic (exact) mass is 497 g/mol. The maximum Gasteiger partial charge on any atom is 0.335 e. The molecule has 0 spiro atoms. The highest BCUT2D eigenvalue weighted by molar-refractivity contribution is 5.88. The molecule has 2 atom stereocenters. The highest BCUT2D eigenvalue weighted by Crippen LogP contribution is 2.44. The summed E-state index contributed by atoms with van der Waals surface area (Å²) in [7, 11) is 2.00. The topological polar surface area (TPSA) is 111 Å². The number of pyridine rings is 2. The fourth-order valence-corrected chi connectivity index (χ4v) is 5.18. The van der Waals surface area contributed by atoms with Crippen molar-refractivity contribution in [2.75, 3.05) is 22.9 Å². The number of fused-ring (bicyclic) bond motifs is 1. The van der Waals surface area contributed by atoms with Gasteiger partial charge in [0, 0.05) is 50.3 Å². The molecule has 0 amide bonds. The van der Waals surface area contributed by atoms with Crippen molar-refractivity contribution < 1.29 is 15.0 Å². The molecule has 3 aromatic heterocycles. The highest BCUT2D eigenvalue weighted by Gasteiger charge is 2.42. The Morgan fingerprint density at radius 3 is 2.59 bits per heavy atom. The summed E-state index contributed by atoms with van der Waals surface area (Å²) >= 11 is 0. The summed E-state index contributed by atoms with van der Waals surface area (Å²) in [5.41, 5.74) is 3.35. The third-order valence-corrected chi connectivity index (χ3v) is 7.13. The maximum absolute atomic E-state index is 11.5. The second kappa shape index (κ2) is 9.30. The van der Waals surface area contributed by atoms with Crippen LogP contribution in [0.1, 0.15) is 22.6 Å². The molecule has 6 rings (SSSR count). The lowest BCUT2D eigenvalue weighted by molar-refractivity contribution is 0.0697. The van der Waals surface area contributed by atoms with Gasteiger partial charge in [-0.15, -0.1) is 0 Å². The molecule has 188 valence electrons. The van der Waals surface area contributed by atoms with Gasteiger partial charge in [0.2, 0.25) is 6.35 Å². The van der Waals surface area contributed by atoms with Crippen LogP contribution in [-0.2, 0) is 13.6 Å². The minimum absolute atomic E-state index is 0.105. The highest BCUT2D eigenvalue weighted by atomic mass is 16.4. The van der Waals surface area contributed by atoms with Crippen LogP contribution in [0.25, 0.3) is 11.3 Å². The molecule has 1 saturated heterocycles. The zero-order valence-corrected chi connectivity index (χ0v) is 20.3. The molecular formula is C27H27N7O3. The number of imidazole rings is 1. The molecule has 10 heteroatoms. The number of carboxylic acid groups (broad SMARTS) is 1. The number of aryl methyl sites for hydroxylation is 1.